The second-order valence-corrected chi connectivity index (χ2v) is 22.8. The number of hydrogen-bond donors (Lipinski definition) is 0. The third kappa shape index (κ3) is 6.88. The summed E-state index contributed by atoms with van der Waals surface area (Å²) in [4.78, 5) is 4.79. The molecule has 5 heterocycles. The maximum absolute atomic E-state index is 7.29. The summed E-state index contributed by atoms with van der Waals surface area (Å²) in [6, 6.07) is 91.5. The average Bonchev–Trinajstić information content (AvgIpc) is 1.85. The van der Waals surface area contributed by atoms with E-state index in [9.17, 15) is 0 Å². The highest BCUT2D eigenvalue weighted by atomic mass is 16.3. The fourth-order valence-corrected chi connectivity index (χ4v) is 13.2. The van der Waals surface area contributed by atoms with Crippen LogP contribution in [0, 0.1) is 0 Å². The number of furan rings is 3. The molecule has 0 aliphatic heterocycles. The van der Waals surface area contributed by atoms with Crippen LogP contribution in [0.15, 0.2) is 268 Å². The van der Waals surface area contributed by atoms with Crippen LogP contribution in [0.25, 0.3) is 126 Å². The van der Waals surface area contributed by atoms with Crippen molar-refractivity contribution >= 4 is 138 Å². The first-order chi connectivity index (χ1) is 40.3. The largest absolute Gasteiger partial charge is 0.455 e. The van der Waals surface area contributed by atoms with Crippen LogP contribution in [0.1, 0.15) is 26.3 Å². The number of benzene rings is 12. The highest BCUT2D eigenvalue weighted by molar-refractivity contribution is 6.33. The van der Waals surface area contributed by atoms with Crippen molar-refractivity contribution in [2.75, 3.05) is 9.80 Å². The minimum absolute atomic E-state index is 0.0926. The predicted molar refractivity (Wildman–Crippen MR) is 342 cm³/mol. The highest BCUT2D eigenvalue weighted by Crippen LogP contribution is 2.52. The summed E-state index contributed by atoms with van der Waals surface area (Å²) >= 11 is 0. The Bertz CT molecular complexity index is 5380. The van der Waals surface area contributed by atoms with Gasteiger partial charge >= 0.3 is 0 Å². The number of para-hydroxylation sites is 4. The van der Waals surface area contributed by atoms with Crippen LogP contribution in [0.4, 0.5) is 34.1 Å². The lowest BCUT2D eigenvalue weighted by Gasteiger charge is -2.26. The summed E-state index contributed by atoms with van der Waals surface area (Å²) in [6.07, 6.45) is 0. The predicted octanol–water partition coefficient (Wildman–Crippen LogP) is 22.1. The number of nitrogens with zero attached hydrogens (tertiary/aromatic N) is 3. The molecule has 0 fully saturated rings. The van der Waals surface area contributed by atoms with Crippen LogP contribution in [0.3, 0.4) is 0 Å². The van der Waals surface area contributed by atoms with Crippen molar-refractivity contribution in [3.63, 3.8) is 0 Å². The van der Waals surface area contributed by atoms with Gasteiger partial charge in [0.05, 0.1) is 22.1 Å². The van der Waals surface area contributed by atoms with E-state index >= 15 is 0 Å². The van der Waals surface area contributed by atoms with Gasteiger partial charge in [-0.2, -0.15) is 0 Å². The second-order valence-electron chi connectivity index (χ2n) is 22.8. The van der Waals surface area contributed by atoms with Crippen molar-refractivity contribution in [1.82, 2.24) is 4.40 Å². The Balaban J connectivity index is 0.918. The minimum Gasteiger partial charge on any atom is -0.455 e. The van der Waals surface area contributed by atoms with Crippen molar-refractivity contribution in [3.05, 3.63) is 260 Å². The van der Waals surface area contributed by atoms with E-state index < -0.39 is 0 Å². The molecule has 388 valence electrons. The molecule has 0 bridgehead atoms. The molecule has 12 aromatic carbocycles. The van der Waals surface area contributed by atoms with E-state index in [4.69, 9.17) is 13.3 Å². The van der Waals surface area contributed by atoms with Gasteiger partial charge in [0, 0.05) is 88.0 Å². The molecule has 0 aliphatic rings. The van der Waals surface area contributed by atoms with Gasteiger partial charge in [-0.05, 0) is 118 Å². The molecule has 5 aromatic heterocycles. The summed E-state index contributed by atoms with van der Waals surface area (Å²) < 4.78 is 23.2. The number of rotatable bonds is 8. The number of fused-ring (bicyclic) bond motifs is 16. The number of aromatic nitrogens is 1. The molecule has 17 aromatic rings. The lowest BCUT2D eigenvalue weighted by molar-refractivity contribution is 0.590. The summed E-state index contributed by atoms with van der Waals surface area (Å²) in [7, 11) is 0. The van der Waals surface area contributed by atoms with Gasteiger partial charge in [-0.25, -0.2) is 0 Å². The van der Waals surface area contributed by atoms with Gasteiger partial charge in [-0.1, -0.05) is 185 Å². The Morgan fingerprint density at radius 1 is 0.329 bits per heavy atom. The molecule has 0 amide bonds. The van der Waals surface area contributed by atoms with E-state index in [-0.39, 0.29) is 5.41 Å². The lowest BCUT2D eigenvalue weighted by Crippen LogP contribution is -2.10. The van der Waals surface area contributed by atoms with E-state index in [0.717, 1.165) is 160 Å². The lowest BCUT2D eigenvalue weighted by atomic mass is 9.86. The molecule has 0 atom stereocenters. The van der Waals surface area contributed by atoms with Gasteiger partial charge in [0.2, 0.25) is 5.71 Å². The van der Waals surface area contributed by atoms with Crippen molar-refractivity contribution in [3.8, 4) is 22.3 Å². The van der Waals surface area contributed by atoms with Gasteiger partial charge in [0.25, 0.3) is 0 Å². The fourth-order valence-electron chi connectivity index (χ4n) is 13.2. The monoisotopic (exact) mass is 1050 g/mol. The Hall–Kier alpha value is -10.6. The Labute approximate surface area is 471 Å². The van der Waals surface area contributed by atoms with Gasteiger partial charge in [0.15, 0.2) is 0 Å². The molecule has 0 saturated heterocycles. The maximum Gasteiger partial charge on any atom is 0.213 e. The summed E-state index contributed by atoms with van der Waals surface area (Å²) in [5, 5.41) is 12.2. The molecular weight excluding hydrogens is 1000 g/mol. The molecule has 17 rings (SSSR count). The zero-order valence-electron chi connectivity index (χ0n) is 45.3. The second kappa shape index (κ2) is 17.5. The fraction of sp³-hybridized carbons (Fsp3) is 0.0526. The van der Waals surface area contributed by atoms with Gasteiger partial charge in [0.1, 0.15) is 27.9 Å². The Morgan fingerprint density at radius 3 is 1.41 bits per heavy atom. The molecule has 82 heavy (non-hydrogen) atoms. The zero-order valence-corrected chi connectivity index (χ0v) is 45.3. The zero-order chi connectivity index (χ0) is 54.4. The van der Waals surface area contributed by atoms with E-state index in [2.05, 4.69) is 290 Å². The van der Waals surface area contributed by atoms with E-state index in [1.54, 1.807) is 0 Å². The smallest absolute Gasteiger partial charge is 0.213 e. The van der Waals surface area contributed by atoms with Crippen molar-refractivity contribution in [2.24, 2.45) is 0 Å². The topological polar surface area (TPSA) is 50.3 Å². The molecular formula is C76H51N3O3. The van der Waals surface area contributed by atoms with Gasteiger partial charge < -0.3 is 23.1 Å². The van der Waals surface area contributed by atoms with E-state index in [1.165, 1.54) is 5.56 Å². The minimum atomic E-state index is -0.0926. The first-order valence-corrected chi connectivity index (χ1v) is 28.1. The van der Waals surface area contributed by atoms with Crippen LogP contribution in [0.5, 0.6) is 0 Å². The maximum atomic E-state index is 7.29. The molecule has 0 spiro atoms. The SMILES string of the molecule is CC(C)(C)c1ccc2oc3c(c2c1)c1c(N(c2ccccc2)c2ccc4oc5c(-c6ccccc6)cccc5c4c2)ccc2c4ccc5ccc(N(c6ccccc6)c6ccc7oc8c(-c9ccccc9)cccc8c7c6)cc5c4n3c21. The third-order valence-electron chi connectivity index (χ3n) is 17.0. The van der Waals surface area contributed by atoms with Gasteiger partial charge in [-0.3, -0.25) is 4.40 Å². The van der Waals surface area contributed by atoms with E-state index in [0.29, 0.717) is 0 Å². The highest BCUT2D eigenvalue weighted by Gasteiger charge is 2.30. The normalized spacial score (nSPS) is 12.3. The van der Waals surface area contributed by atoms with Gasteiger partial charge in [-0.15, -0.1) is 0 Å². The Morgan fingerprint density at radius 2 is 0.817 bits per heavy atom. The standard InChI is InChI=1S/C76H51N3O3/c1-76(2,3)49-32-39-68-64(42-49)69-70-65(78(51-24-14-7-15-25-51)54-35-41-67-63(45-54)60-29-17-27-56(74(60)81-67)47-20-10-5-11-21-47)38-37-58-57-36-31-48-30-33-52(43-61(48)71(57)79(72(58)70)75(69)82-68)77(50-22-12-6-13-23-50)53-34-40-66-62(44-53)59-28-16-26-55(73(59)80-66)46-18-8-4-9-19-46/h4-45H,1-3H3. The molecule has 0 N–H and O–H groups in total. The average molecular weight is 1050 g/mol. The molecule has 0 unspecified atom stereocenters. The summed E-state index contributed by atoms with van der Waals surface area (Å²) in [5.74, 6) is 0. The molecule has 6 nitrogen and oxygen atoms in total. The molecule has 6 heteroatoms. The molecule has 0 aliphatic carbocycles. The first kappa shape index (κ1) is 46.4. The molecule has 0 radical (unpaired) electrons. The van der Waals surface area contributed by atoms with Crippen LogP contribution in [-0.2, 0) is 5.41 Å². The van der Waals surface area contributed by atoms with Crippen LogP contribution >= 0.6 is 0 Å². The van der Waals surface area contributed by atoms with Crippen molar-refractivity contribution in [2.45, 2.75) is 26.2 Å². The van der Waals surface area contributed by atoms with Crippen molar-refractivity contribution in [1.29, 1.82) is 0 Å². The first-order valence-electron chi connectivity index (χ1n) is 28.1. The number of anilines is 6. The van der Waals surface area contributed by atoms with E-state index in [1.807, 2.05) is 0 Å². The quantitative estimate of drug-likeness (QED) is 0.152. The van der Waals surface area contributed by atoms with Crippen molar-refractivity contribution < 1.29 is 13.3 Å². The Kier molecular flexibility index (Phi) is 9.88. The summed E-state index contributed by atoms with van der Waals surface area (Å²) in [5.41, 5.74) is 19.2. The van der Waals surface area contributed by atoms with Crippen LogP contribution in [0.2, 0.25) is 0 Å². The summed E-state index contributed by atoms with van der Waals surface area (Å²) in [6.45, 7) is 6.85. The van der Waals surface area contributed by atoms with Crippen LogP contribution in [-0.4, -0.2) is 4.40 Å². The third-order valence-corrected chi connectivity index (χ3v) is 17.0. The van der Waals surface area contributed by atoms with Crippen LogP contribution < -0.4 is 9.80 Å². The number of hydrogen-bond acceptors (Lipinski definition) is 5. The molecule has 0 saturated carbocycles.